The molecule has 31 heavy (non-hydrogen) atoms. The van der Waals surface area contributed by atoms with E-state index in [9.17, 15) is 9.59 Å². The molecule has 0 unspecified atom stereocenters. The van der Waals surface area contributed by atoms with Crippen molar-refractivity contribution in [2.45, 2.75) is 6.92 Å². The molecule has 0 aliphatic carbocycles. The van der Waals surface area contributed by atoms with E-state index in [1.54, 1.807) is 25.1 Å². The van der Waals surface area contributed by atoms with E-state index in [2.05, 4.69) is 27.0 Å². The molecule has 5 rings (SSSR count). The highest BCUT2D eigenvalue weighted by molar-refractivity contribution is 7.13. The van der Waals surface area contributed by atoms with Gasteiger partial charge in [-0.15, -0.1) is 11.3 Å². The molecule has 1 N–H and O–H groups in total. The van der Waals surface area contributed by atoms with Gasteiger partial charge in [-0.25, -0.2) is 4.99 Å². The Morgan fingerprint density at radius 1 is 1.16 bits per heavy atom. The Hall–Kier alpha value is -4.11. The highest BCUT2D eigenvalue weighted by Crippen LogP contribution is 2.27. The topological polar surface area (TPSA) is 102 Å². The molecule has 0 bridgehead atoms. The van der Waals surface area contributed by atoms with E-state index < -0.39 is 11.8 Å². The van der Waals surface area contributed by atoms with E-state index in [-0.39, 0.29) is 17.3 Å². The van der Waals surface area contributed by atoms with Crippen molar-refractivity contribution in [1.29, 1.82) is 0 Å². The summed E-state index contributed by atoms with van der Waals surface area (Å²) in [6.07, 6.45) is 0. The van der Waals surface area contributed by atoms with Crippen molar-refractivity contribution in [2.75, 3.05) is 5.32 Å². The number of para-hydroxylation sites is 1. The van der Waals surface area contributed by atoms with Crippen molar-refractivity contribution in [3.05, 3.63) is 71.8 Å². The monoisotopic (exact) mass is 429 g/mol. The van der Waals surface area contributed by atoms with Crippen molar-refractivity contribution in [3.63, 3.8) is 0 Å². The van der Waals surface area contributed by atoms with Crippen LogP contribution in [0.15, 0.2) is 80.5 Å². The van der Waals surface area contributed by atoms with E-state index >= 15 is 0 Å². The normalized spacial score (nSPS) is 14.0. The molecule has 8 nitrogen and oxygen atoms in total. The van der Waals surface area contributed by atoms with Crippen LogP contribution in [0.2, 0.25) is 0 Å². The molecule has 0 radical (unpaired) electrons. The third-order valence-electron chi connectivity index (χ3n) is 4.73. The van der Waals surface area contributed by atoms with Crippen molar-refractivity contribution in [2.24, 2.45) is 9.98 Å². The fraction of sp³-hybridized carbons (Fsp3) is 0.0455. The zero-order chi connectivity index (χ0) is 21.5. The van der Waals surface area contributed by atoms with Crippen LogP contribution in [0, 0.1) is 0 Å². The minimum Gasteiger partial charge on any atom is -0.451 e. The summed E-state index contributed by atoms with van der Waals surface area (Å²) >= 11 is 1.50. The van der Waals surface area contributed by atoms with Crippen LogP contribution >= 0.6 is 11.3 Å². The van der Waals surface area contributed by atoms with Gasteiger partial charge in [0.2, 0.25) is 0 Å². The number of aliphatic imine (C=N–C) groups is 2. The number of nitrogens with one attached hydrogen (secondary N) is 1. The number of aromatic nitrogens is 2. The van der Waals surface area contributed by atoms with E-state index in [1.165, 1.54) is 16.0 Å². The molecule has 1 aromatic carbocycles. The fourth-order valence-corrected chi connectivity index (χ4v) is 3.77. The predicted octanol–water partition coefficient (Wildman–Crippen LogP) is 4.37. The third kappa shape index (κ3) is 3.40. The number of nitrogens with zero attached hydrogens (tertiary/aromatic N) is 4. The molecule has 3 aromatic heterocycles. The van der Waals surface area contributed by atoms with Crippen LogP contribution in [-0.2, 0) is 4.79 Å². The largest absolute Gasteiger partial charge is 0.451 e. The van der Waals surface area contributed by atoms with Gasteiger partial charge in [-0.05, 0) is 30.5 Å². The molecular formula is C22H15N5O3S. The number of fused-ring (bicyclic) bond motifs is 1. The number of carbonyl (C=O) groups is 2. The molecule has 2 amide bonds. The maximum atomic E-state index is 12.9. The molecule has 9 heteroatoms. The summed E-state index contributed by atoms with van der Waals surface area (Å²) in [5.74, 6) is -0.434. The maximum absolute atomic E-state index is 12.9. The summed E-state index contributed by atoms with van der Waals surface area (Å²) in [7, 11) is 0. The van der Waals surface area contributed by atoms with Crippen LogP contribution in [0.4, 0.5) is 5.82 Å². The maximum Gasteiger partial charge on any atom is 0.292 e. The fourth-order valence-electron chi connectivity index (χ4n) is 3.09. The molecule has 1 aliphatic rings. The van der Waals surface area contributed by atoms with Gasteiger partial charge in [0, 0.05) is 11.5 Å². The Morgan fingerprint density at radius 3 is 2.74 bits per heavy atom. The van der Waals surface area contributed by atoms with Gasteiger partial charge in [0.05, 0.1) is 16.2 Å². The Labute approximate surface area is 180 Å². The summed E-state index contributed by atoms with van der Waals surface area (Å²) in [4.78, 5) is 34.3. The Bertz CT molecular complexity index is 1390. The predicted molar refractivity (Wildman–Crippen MR) is 120 cm³/mol. The lowest BCUT2D eigenvalue weighted by Crippen LogP contribution is -2.25. The second-order valence-electron chi connectivity index (χ2n) is 6.80. The average molecular weight is 429 g/mol. The second-order valence-corrected chi connectivity index (χ2v) is 7.75. The number of amides is 2. The molecule has 152 valence electrons. The summed E-state index contributed by atoms with van der Waals surface area (Å²) in [6, 6.07) is 14.5. The number of hydrogen-bond acceptors (Lipinski definition) is 6. The van der Waals surface area contributed by atoms with Gasteiger partial charge in [0.1, 0.15) is 17.1 Å². The van der Waals surface area contributed by atoms with Crippen molar-refractivity contribution in [1.82, 2.24) is 9.78 Å². The lowest BCUT2D eigenvalue weighted by Gasteiger charge is -2.12. The number of benzene rings is 1. The van der Waals surface area contributed by atoms with Crippen LogP contribution in [0.3, 0.4) is 0 Å². The first-order valence-corrected chi connectivity index (χ1v) is 10.2. The van der Waals surface area contributed by atoms with Gasteiger partial charge in [-0.3, -0.25) is 9.59 Å². The van der Waals surface area contributed by atoms with Crippen LogP contribution in [0.5, 0.6) is 0 Å². The van der Waals surface area contributed by atoms with Crippen molar-refractivity contribution >= 4 is 51.6 Å². The Morgan fingerprint density at radius 2 is 2.00 bits per heavy atom. The van der Waals surface area contributed by atoms with E-state index in [0.29, 0.717) is 22.8 Å². The summed E-state index contributed by atoms with van der Waals surface area (Å²) in [6.45, 7) is 5.36. The van der Waals surface area contributed by atoms with Crippen molar-refractivity contribution < 1.29 is 14.0 Å². The molecule has 1 aliphatic heterocycles. The van der Waals surface area contributed by atoms with Gasteiger partial charge in [-0.1, -0.05) is 30.8 Å². The zero-order valence-electron chi connectivity index (χ0n) is 16.3. The number of furan rings is 1. The minimum absolute atomic E-state index is 0.0533. The van der Waals surface area contributed by atoms with Crippen LogP contribution < -0.4 is 5.32 Å². The highest BCUT2D eigenvalue weighted by Gasteiger charge is 2.23. The summed E-state index contributed by atoms with van der Waals surface area (Å²) in [5.41, 5.74) is 1.89. The molecular weight excluding hydrogens is 414 g/mol. The molecule has 0 saturated heterocycles. The third-order valence-corrected chi connectivity index (χ3v) is 5.62. The first kappa shape index (κ1) is 18.9. The quantitative estimate of drug-likeness (QED) is 0.489. The molecule has 0 spiro atoms. The number of anilines is 1. The molecule has 0 atom stereocenters. The SMILES string of the molecule is C=C1C(=O)N=C(n2nc(-c3cccs3)cc2NC(=O)c2cc3ccccc3o2)N=C1C. The van der Waals surface area contributed by atoms with E-state index in [4.69, 9.17) is 4.42 Å². The second kappa shape index (κ2) is 7.29. The molecule has 4 aromatic rings. The lowest BCUT2D eigenvalue weighted by molar-refractivity contribution is -0.113. The van der Waals surface area contributed by atoms with Crippen LogP contribution in [0.1, 0.15) is 17.5 Å². The van der Waals surface area contributed by atoms with Gasteiger partial charge in [0.15, 0.2) is 5.76 Å². The standard InChI is InChI=1S/C22H15N5O3S/c1-12-13(2)23-22(25-20(12)28)27-19(11-15(26-27)18-8-5-9-31-18)24-21(29)17-10-14-6-3-4-7-16(14)30-17/h3-11H,1H2,2H3,(H,24,29). The van der Waals surface area contributed by atoms with Gasteiger partial charge < -0.3 is 9.73 Å². The van der Waals surface area contributed by atoms with E-state index in [0.717, 1.165) is 10.3 Å². The summed E-state index contributed by atoms with van der Waals surface area (Å²) < 4.78 is 6.99. The van der Waals surface area contributed by atoms with E-state index in [1.807, 2.05) is 35.7 Å². The Balaban J connectivity index is 1.55. The number of rotatable bonds is 3. The molecule has 4 heterocycles. The highest BCUT2D eigenvalue weighted by atomic mass is 32.1. The Kier molecular flexibility index (Phi) is 4.45. The average Bonchev–Trinajstić information content (AvgIpc) is 3.50. The first-order chi connectivity index (χ1) is 15.0. The zero-order valence-corrected chi connectivity index (χ0v) is 17.1. The number of carbonyl (C=O) groups excluding carboxylic acids is 2. The number of thiophene rings is 1. The van der Waals surface area contributed by atoms with Crippen molar-refractivity contribution in [3.8, 4) is 10.6 Å². The minimum atomic E-state index is -0.495. The molecule has 0 saturated carbocycles. The van der Waals surface area contributed by atoms with Crippen LogP contribution in [0.25, 0.3) is 21.5 Å². The smallest absolute Gasteiger partial charge is 0.292 e. The van der Waals surface area contributed by atoms with Crippen LogP contribution in [-0.4, -0.2) is 33.3 Å². The number of hydrogen-bond donors (Lipinski definition) is 1. The molecule has 0 fully saturated rings. The summed E-state index contributed by atoms with van der Waals surface area (Å²) in [5, 5.41) is 10.1. The van der Waals surface area contributed by atoms with Gasteiger partial charge >= 0.3 is 0 Å². The van der Waals surface area contributed by atoms with Gasteiger partial charge in [-0.2, -0.15) is 14.8 Å². The lowest BCUT2D eigenvalue weighted by atomic mass is 10.2. The first-order valence-electron chi connectivity index (χ1n) is 9.31. The van der Waals surface area contributed by atoms with Gasteiger partial charge in [0.25, 0.3) is 17.8 Å².